The van der Waals surface area contributed by atoms with E-state index in [1.165, 1.54) is 103 Å². The quantitative estimate of drug-likeness (QED) is 0.157. The van der Waals surface area contributed by atoms with Crippen molar-refractivity contribution in [3.8, 4) is 0 Å². The van der Waals surface area contributed by atoms with Gasteiger partial charge in [0.2, 0.25) is 0 Å². The first kappa shape index (κ1) is 32.1. The molecule has 0 heterocycles. The molecule has 1 unspecified atom stereocenters. The van der Waals surface area contributed by atoms with Crippen molar-refractivity contribution in [2.24, 2.45) is 0 Å². The summed E-state index contributed by atoms with van der Waals surface area (Å²) in [4.78, 5) is 0. The number of hydrogen-bond donors (Lipinski definition) is 1. The second kappa shape index (κ2) is 23.5. The topological polar surface area (TPSA) is 77.4 Å². The summed E-state index contributed by atoms with van der Waals surface area (Å²) in [5.41, 5.74) is 0. The number of aliphatic hydroxyl groups excluding tert-OH is 1. The summed E-state index contributed by atoms with van der Waals surface area (Å²) >= 11 is 0. The monoisotopic (exact) mass is 442 g/mol. The molecule has 0 aliphatic heterocycles. The van der Waals surface area contributed by atoms with Gasteiger partial charge >= 0.3 is 29.6 Å². The van der Waals surface area contributed by atoms with Crippen molar-refractivity contribution in [1.29, 1.82) is 0 Å². The van der Waals surface area contributed by atoms with E-state index in [2.05, 4.69) is 6.92 Å². The molecule has 0 saturated heterocycles. The maximum absolute atomic E-state index is 10.5. The minimum atomic E-state index is -4.19. The molecule has 0 aliphatic rings. The Morgan fingerprint density at radius 2 is 0.931 bits per heavy atom. The zero-order valence-corrected chi connectivity index (χ0v) is 22.3. The van der Waals surface area contributed by atoms with Crippen LogP contribution in [-0.2, 0) is 10.1 Å². The van der Waals surface area contributed by atoms with Crippen molar-refractivity contribution in [3.05, 3.63) is 0 Å². The summed E-state index contributed by atoms with van der Waals surface area (Å²) in [7, 11) is -4.19. The summed E-state index contributed by atoms with van der Waals surface area (Å²) in [5, 5.41) is 9.64. The Morgan fingerprint density at radius 1 is 0.621 bits per heavy atom. The van der Waals surface area contributed by atoms with E-state index in [4.69, 9.17) is 0 Å². The van der Waals surface area contributed by atoms with Crippen molar-refractivity contribution >= 4 is 10.1 Å². The molecule has 1 N–H and O–H groups in total. The van der Waals surface area contributed by atoms with E-state index in [1.807, 2.05) is 0 Å². The average molecular weight is 443 g/mol. The molecular weight excluding hydrogens is 395 g/mol. The first-order chi connectivity index (χ1) is 13.5. The van der Waals surface area contributed by atoms with Gasteiger partial charge in [0.15, 0.2) is 0 Å². The fraction of sp³-hybridized carbons (Fsp3) is 1.00. The predicted molar refractivity (Wildman–Crippen MR) is 119 cm³/mol. The minimum Gasteiger partial charge on any atom is -0.748 e. The van der Waals surface area contributed by atoms with Crippen molar-refractivity contribution < 1.29 is 47.6 Å². The van der Waals surface area contributed by atoms with Gasteiger partial charge in [0, 0.05) is 5.75 Å². The fourth-order valence-corrected chi connectivity index (χ4v) is 4.27. The standard InChI is InChI=1S/C23H48O4S.Na/c1-2-3-4-5-6-7-8-9-10-11-12-13-14-15-16-17-18-19-20-23(24)21-22-28(25,26)27;/h23-24H,2-22H2,1H3,(H,25,26,27);/q;+1/p-1. The molecule has 0 amide bonds. The molecule has 0 aliphatic carbocycles. The third-order valence-electron chi connectivity index (χ3n) is 5.59. The van der Waals surface area contributed by atoms with Crippen molar-refractivity contribution in [2.45, 2.75) is 141 Å². The van der Waals surface area contributed by atoms with Gasteiger partial charge in [-0.1, -0.05) is 122 Å². The number of aliphatic hydroxyl groups is 1. The van der Waals surface area contributed by atoms with Crippen LogP contribution in [0.15, 0.2) is 0 Å². The van der Waals surface area contributed by atoms with E-state index in [-0.39, 0.29) is 36.0 Å². The minimum absolute atomic E-state index is 0. The molecule has 0 aromatic heterocycles. The Labute approximate surface area is 204 Å². The summed E-state index contributed by atoms with van der Waals surface area (Å²) in [5.74, 6) is -0.451. The zero-order chi connectivity index (χ0) is 20.9. The smallest absolute Gasteiger partial charge is 0.748 e. The molecule has 0 aromatic carbocycles. The third-order valence-corrected chi connectivity index (χ3v) is 6.33. The van der Waals surface area contributed by atoms with Gasteiger partial charge in [0.25, 0.3) is 0 Å². The summed E-state index contributed by atoms with van der Waals surface area (Å²) in [6.45, 7) is 2.27. The van der Waals surface area contributed by atoms with E-state index in [1.54, 1.807) is 0 Å². The first-order valence-corrected chi connectivity index (χ1v) is 13.6. The van der Waals surface area contributed by atoms with Gasteiger partial charge in [-0.3, -0.25) is 0 Å². The first-order valence-electron chi connectivity index (χ1n) is 12.1. The Hall–Kier alpha value is 0.870. The van der Waals surface area contributed by atoms with E-state index in [9.17, 15) is 18.1 Å². The van der Waals surface area contributed by atoms with E-state index < -0.39 is 22.0 Å². The molecule has 29 heavy (non-hydrogen) atoms. The normalized spacial score (nSPS) is 12.7. The van der Waals surface area contributed by atoms with Gasteiger partial charge < -0.3 is 9.66 Å². The number of unbranched alkanes of at least 4 members (excludes halogenated alkanes) is 17. The van der Waals surface area contributed by atoms with Gasteiger partial charge in [0.05, 0.1) is 16.2 Å². The van der Waals surface area contributed by atoms with Crippen LogP contribution in [-0.4, -0.2) is 29.9 Å². The molecule has 0 bridgehead atoms. The zero-order valence-electron chi connectivity index (χ0n) is 19.5. The van der Waals surface area contributed by atoms with Crippen molar-refractivity contribution in [1.82, 2.24) is 0 Å². The van der Waals surface area contributed by atoms with E-state index >= 15 is 0 Å². The van der Waals surface area contributed by atoms with Crippen LogP contribution >= 0.6 is 0 Å². The van der Waals surface area contributed by atoms with Crippen LogP contribution in [0.5, 0.6) is 0 Å². The van der Waals surface area contributed by atoms with E-state index in [0.29, 0.717) is 6.42 Å². The van der Waals surface area contributed by atoms with Crippen LogP contribution < -0.4 is 29.6 Å². The average Bonchev–Trinajstić information content (AvgIpc) is 2.65. The number of hydrogen-bond acceptors (Lipinski definition) is 4. The van der Waals surface area contributed by atoms with Crippen LogP contribution in [0, 0.1) is 0 Å². The van der Waals surface area contributed by atoms with Crippen molar-refractivity contribution in [2.75, 3.05) is 5.75 Å². The molecule has 4 nitrogen and oxygen atoms in total. The molecule has 1 atom stereocenters. The summed E-state index contributed by atoms with van der Waals surface area (Å²) in [6.07, 6.45) is 23.9. The Kier molecular flexibility index (Phi) is 26.0. The maximum Gasteiger partial charge on any atom is 1.00 e. The van der Waals surface area contributed by atoms with E-state index in [0.717, 1.165) is 12.8 Å². The van der Waals surface area contributed by atoms with Gasteiger partial charge in [-0.05, 0) is 12.8 Å². The maximum atomic E-state index is 10.5. The molecule has 0 fully saturated rings. The predicted octanol–water partition coefficient (Wildman–Crippen LogP) is 3.72. The van der Waals surface area contributed by atoms with Crippen LogP contribution in [0.4, 0.5) is 0 Å². The summed E-state index contributed by atoms with van der Waals surface area (Å²) < 4.78 is 31.5. The van der Waals surface area contributed by atoms with Gasteiger partial charge in [-0.2, -0.15) is 0 Å². The Morgan fingerprint density at radius 3 is 1.24 bits per heavy atom. The number of rotatable bonds is 22. The second-order valence-electron chi connectivity index (χ2n) is 8.50. The molecule has 0 rings (SSSR count). The molecule has 0 radical (unpaired) electrons. The van der Waals surface area contributed by atoms with Gasteiger partial charge in [-0.15, -0.1) is 0 Å². The third kappa shape index (κ3) is 28.9. The molecule has 0 spiro atoms. The SMILES string of the molecule is CCCCCCCCCCCCCCCCCCCCC(O)CCS(=O)(=O)[O-].[Na+]. The molecule has 0 saturated carbocycles. The fourth-order valence-electron chi connectivity index (χ4n) is 3.71. The Balaban J connectivity index is 0. The Bertz CT molecular complexity index is 415. The summed E-state index contributed by atoms with van der Waals surface area (Å²) in [6, 6.07) is 0. The largest absolute Gasteiger partial charge is 1.00 e. The van der Waals surface area contributed by atoms with Crippen LogP contribution in [0.3, 0.4) is 0 Å². The molecular formula is C23H47NaO4S. The van der Waals surface area contributed by atoms with Crippen LogP contribution in [0.2, 0.25) is 0 Å². The molecule has 170 valence electrons. The second-order valence-corrected chi connectivity index (χ2v) is 10.0. The van der Waals surface area contributed by atoms with Gasteiger partial charge in [-0.25, -0.2) is 8.42 Å². The van der Waals surface area contributed by atoms with Crippen molar-refractivity contribution in [3.63, 3.8) is 0 Å². The van der Waals surface area contributed by atoms with Gasteiger partial charge in [0.1, 0.15) is 0 Å². The van der Waals surface area contributed by atoms with Crippen LogP contribution in [0.1, 0.15) is 135 Å². The molecule has 0 aromatic rings. The molecule has 6 heteroatoms. The van der Waals surface area contributed by atoms with Crippen LogP contribution in [0.25, 0.3) is 0 Å².